The Kier molecular flexibility index (Phi) is 9.37. The van der Waals surface area contributed by atoms with Gasteiger partial charge in [0.15, 0.2) is 6.61 Å². The van der Waals surface area contributed by atoms with Gasteiger partial charge in [-0.15, -0.1) is 0 Å². The minimum atomic E-state index is -0.593. The number of carbonyl (C=O) groups excluding carboxylic acids is 2. The lowest BCUT2D eigenvalue weighted by Crippen LogP contribution is -2.49. The van der Waals surface area contributed by atoms with E-state index < -0.39 is 6.04 Å². The highest BCUT2D eigenvalue weighted by molar-refractivity contribution is 9.10. The number of rotatable bonds is 10. The number of hydrogen-bond acceptors (Lipinski definition) is 3. The van der Waals surface area contributed by atoms with Gasteiger partial charge in [-0.2, -0.15) is 0 Å². The van der Waals surface area contributed by atoms with Gasteiger partial charge in [-0.25, -0.2) is 0 Å². The zero-order valence-electron chi connectivity index (χ0n) is 18.2. The van der Waals surface area contributed by atoms with Crippen molar-refractivity contribution in [2.75, 3.05) is 13.2 Å². The average Bonchev–Trinajstić information content (AvgIpc) is 2.73. The second kappa shape index (κ2) is 11.7. The Labute approximate surface area is 187 Å². The molecule has 6 heteroatoms. The standard InChI is InChI=1S/C24H31BrN2O3/c1-5-6-13-26-24(29)19(4)27(15-20-10-8-7-9-17(20)2)23(28)16-30-21-11-12-22(25)18(3)14-21/h7-12,14,19H,5-6,13,15-16H2,1-4H3,(H,26,29)/t19-/m0/s1. The lowest BCUT2D eigenvalue weighted by molar-refractivity contribution is -0.142. The number of halogens is 1. The van der Waals surface area contributed by atoms with Crippen LogP contribution >= 0.6 is 15.9 Å². The van der Waals surface area contributed by atoms with E-state index in [0.717, 1.165) is 34.0 Å². The number of ether oxygens (including phenoxy) is 1. The van der Waals surface area contributed by atoms with Gasteiger partial charge in [-0.05, 0) is 62.1 Å². The van der Waals surface area contributed by atoms with Gasteiger partial charge >= 0.3 is 0 Å². The Bertz CT molecular complexity index is 869. The van der Waals surface area contributed by atoms with Gasteiger partial charge in [0, 0.05) is 17.6 Å². The predicted molar refractivity (Wildman–Crippen MR) is 123 cm³/mol. The molecule has 1 atom stereocenters. The number of amides is 2. The zero-order chi connectivity index (χ0) is 22.1. The lowest BCUT2D eigenvalue weighted by atomic mass is 10.1. The Morgan fingerprint density at radius 1 is 1.13 bits per heavy atom. The summed E-state index contributed by atoms with van der Waals surface area (Å²) in [6.07, 6.45) is 1.91. The first-order valence-corrected chi connectivity index (χ1v) is 11.1. The van der Waals surface area contributed by atoms with E-state index in [2.05, 4.69) is 28.2 Å². The summed E-state index contributed by atoms with van der Waals surface area (Å²) in [5, 5.41) is 2.93. The molecule has 0 spiro atoms. The zero-order valence-corrected chi connectivity index (χ0v) is 19.8. The van der Waals surface area contributed by atoms with Gasteiger partial charge in [-0.1, -0.05) is 53.5 Å². The summed E-state index contributed by atoms with van der Waals surface area (Å²) in [5.41, 5.74) is 3.12. The van der Waals surface area contributed by atoms with E-state index in [-0.39, 0.29) is 18.4 Å². The third-order valence-electron chi connectivity index (χ3n) is 5.09. The molecular formula is C24H31BrN2O3. The Hall–Kier alpha value is -2.34. The Morgan fingerprint density at radius 3 is 2.53 bits per heavy atom. The molecule has 1 N–H and O–H groups in total. The minimum absolute atomic E-state index is 0.125. The van der Waals surface area contributed by atoms with E-state index in [0.29, 0.717) is 18.8 Å². The summed E-state index contributed by atoms with van der Waals surface area (Å²) in [5.74, 6) is 0.252. The summed E-state index contributed by atoms with van der Waals surface area (Å²) in [7, 11) is 0. The summed E-state index contributed by atoms with van der Waals surface area (Å²) < 4.78 is 6.72. The third-order valence-corrected chi connectivity index (χ3v) is 5.98. The van der Waals surface area contributed by atoms with Crippen LogP contribution in [-0.4, -0.2) is 35.9 Å². The Morgan fingerprint density at radius 2 is 1.87 bits per heavy atom. The van der Waals surface area contributed by atoms with Crippen LogP contribution < -0.4 is 10.1 Å². The number of benzene rings is 2. The molecule has 0 heterocycles. The van der Waals surface area contributed by atoms with E-state index in [9.17, 15) is 9.59 Å². The largest absolute Gasteiger partial charge is 0.484 e. The van der Waals surface area contributed by atoms with Crippen molar-refractivity contribution < 1.29 is 14.3 Å². The second-order valence-corrected chi connectivity index (χ2v) is 8.32. The number of carbonyl (C=O) groups is 2. The van der Waals surface area contributed by atoms with Crippen LogP contribution in [0.25, 0.3) is 0 Å². The van der Waals surface area contributed by atoms with E-state index in [4.69, 9.17) is 4.74 Å². The van der Waals surface area contributed by atoms with Crippen LogP contribution in [0.1, 0.15) is 43.4 Å². The molecule has 2 aromatic rings. The summed E-state index contributed by atoms with van der Waals surface area (Å²) in [6, 6.07) is 12.9. The van der Waals surface area contributed by atoms with Crippen LogP contribution in [-0.2, 0) is 16.1 Å². The molecule has 0 aliphatic rings. The van der Waals surface area contributed by atoms with E-state index in [1.807, 2.05) is 56.3 Å². The maximum absolute atomic E-state index is 13.1. The molecule has 2 rings (SSSR count). The smallest absolute Gasteiger partial charge is 0.261 e. The Balaban J connectivity index is 2.14. The van der Waals surface area contributed by atoms with Crippen LogP contribution in [0.4, 0.5) is 0 Å². The molecule has 30 heavy (non-hydrogen) atoms. The molecule has 2 aromatic carbocycles. The molecule has 5 nitrogen and oxygen atoms in total. The second-order valence-electron chi connectivity index (χ2n) is 7.47. The topological polar surface area (TPSA) is 58.6 Å². The van der Waals surface area contributed by atoms with Crippen LogP contribution in [0.15, 0.2) is 46.9 Å². The molecule has 0 aromatic heterocycles. The van der Waals surface area contributed by atoms with Gasteiger partial charge in [0.1, 0.15) is 11.8 Å². The van der Waals surface area contributed by atoms with Gasteiger partial charge < -0.3 is 15.0 Å². The summed E-state index contributed by atoms with van der Waals surface area (Å²) in [4.78, 5) is 27.3. The maximum Gasteiger partial charge on any atom is 0.261 e. The average molecular weight is 475 g/mol. The van der Waals surface area contributed by atoms with Crippen LogP contribution in [0.5, 0.6) is 5.75 Å². The van der Waals surface area contributed by atoms with Crippen molar-refractivity contribution in [1.82, 2.24) is 10.2 Å². The van der Waals surface area contributed by atoms with E-state index >= 15 is 0 Å². The first kappa shape index (κ1) is 23.9. The fraction of sp³-hybridized carbons (Fsp3) is 0.417. The van der Waals surface area contributed by atoms with Crippen molar-refractivity contribution in [1.29, 1.82) is 0 Å². The molecule has 0 saturated heterocycles. The number of aryl methyl sites for hydroxylation is 2. The van der Waals surface area contributed by atoms with Crippen LogP contribution in [0, 0.1) is 13.8 Å². The van der Waals surface area contributed by atoms with Crippen LogP contribution in [0.2, 0.25) is 0 Å². The van der Waals surface area contributed by atoms with Crippen LogP contribution in [0.3, 0.4) is 0 Å². The SMILES string of the molecule is CCCCNC(=O)[C@H](C)N(Cc1ccccc1C)C(=O)COc1ccc(Br)c(C)c1. The van der Waals surface area contributed by atoms with Gasteiger partial charge in [0.05, 0.1) is 0 Å². The predicted octanol–water partition coefficient (Wildman–Crippen LogP) is 4.78. The van der Waals surface area contributed by atoms with Gasteiger partial charge in [-0.3, -0.25) is 9.59 Å². The molecule has 162 valence electrons. The number of nitrogens with one attached hydrogen (secondary N) is 1. The third kappa shape index (κ3) is 6.87. The van der Waals surface area contributed by atoms with E-state index in [1.54, 1.807) is 11.8 Å². The summed E-state index contributed by atoms with van der Waals surface area (Å²) in [6.45, 7) is 8.65. The molecule has 0 unspecified atom stereocenters. The fourth-order valence-corrected chi connectivity index (χ4v) is 3.27. The first-order chi connectivity index (χ1) is 14.3. The van der Waals surface area contributed by atoms with Crippen molar-refractivity contribution in [3.05, 3.63) is 63.6 Å². The highest BCUT2D eigenvalue weighted by atomic mass is 79.9. The quantitative estimate of drug-likeness (QED) is 0.504. The number of nitrogens with zero attached hydrogens (tertiary/aromatic N) is 1. The minimum Gasteiger partial charge on any atom is -0.484 e. The number of hydrogen-bond donors (Lipinski definition) is 1. The highest BCUT2D eigenvalue weighted by Crippen LogP contribution is 2.22. The highest BCUT2D eigenvalue weighted by Gasteiger charge is 2.26. The summed E-state index contributed by atoms with van der Waals surface area (Å²) >= 11 is 3.46. The normalized spacial score (nSPS) is 11.6. The van der Waals surface area contributed by atoms with Crippen molar-refractivity contribution in [2.24, 2.45) is 0 Å². The van der Waals surface area contributed by atoms with Crippen molar-refractivity contribution in [2.45, 2.75) is 53.1 Å². The molecule has 0 radical (unpaired) electrons. The van der Waals surface area contributed by atoms with Gasteiger partial charge in [0.25, 0.3) is 5.91 Å². The van der Waals surface area contributed by atoms with Crippen molar-refractivity contribution in [3.63, 3.8) is 0 Å². The molecule has 0 saturated carbocycles. The monoisotopic (exact) mass is 474 g/mol. The van der Waals surface area contributed by atoms with Crippen molar-refractivity contribution in [3.8, 4) is 5.75 Å². The molecular weight excluding hydrogens is 444 g/mol. The van der Waals surface area contributed by atoms with E-state index in [1.165, 1.54) is 0 Å². The number of unbranched alkanes of at least 4 members (excludes halogenated alkanes) is 1. The van der Waals surface area contributed by atoms with Gasteiger partial charge in [0.2, 0.25) is 5.91 Å². The molecule has 0 aliphatic heterocycles. The molecule has 0 fully saturated rings. The molecule has 0 aliphatic carbocycles. The fourth-order valence-electron chi connectivity index (χ4n) is 3.02. The molecule has 2 amide bonds. The maximum atomic E-state index is 13.1. The molecule has 0 bridgehead atoms. The first-order valence-electron chi connectivity index (χ1n) is 10.3. The van der Waals surface area contributed by atoms with Crippen molar-refractivity contribution >= 4 is 27.7 Å². The lowest BCUT2D eigenvalue weighted by Gasteiger charge is -2.29.